The standard InChI is InChI=1S/C18H28N2O.C7H8/c1-3-9-15(18(21)17-12-7-8-13-20-17)14-10-5-4-6-11-16(14)19-2;1-7-5-3-2-4-6-7/h4-5,9-11,17-21H,3,6-8,12-13H2,1-2H3;2-6H,1H3/b15-9+;. The molecule has 1 fully saturated rings. The van der Waals surface area contributed by atoms with Crippen molar-refractivity contribution in [3.05, 3.63) is 83.1 Å². The summed E-state index contributed by atoms with van der Waals surface area (Å²) in [5.74, 6) is 0. The second kappa shape index (κ2) is 12.4. The number of likely N-dealkylation sites (N-methyl/N-ethyl adjacent to an activating group) is 1. The first-order chi connectivity index (χ1) is 13.7. The van der Waals surface area contributed by atoms with E-state index in [2.05, 4.69) is 67.0 Å². The van der Waals surface area contributed by atoms with Gasteiger partial charge in [0.15, 0.2) is 0 Å². The molecular weight excluding hydrogens is 344 g/mol. The van der Waals surface area contributed by atoms with Gasteiger partial charge in [-0.05, 0) is 44.7 Å². The molecule has 3 rings (SSSR count). The molecule has 3 heteroatoms. The maximum atomic E-state index is 10.9. The van der Waals surface area contributed by atoms with Crippen LogP contribution in [-0.4, -0.2) is 30.8 Å². The van der Waals surface area contributed by atoms with Gasteiger partial charge in [0.1, 0.15) is 0 Å². The third kappa shape index (κ3) is 6.81. The Morgan fingerprint density at radius 3 is 2.64 bits per heavy atom. The Morgan fingerprint density at radius 1 is 1.29 bits per heavy atom. The first-order valence-corrected chi connectivity index (χ1v) is 10.6. The van der Waals surface area contributed by atoms with E-state index in [1.807, 2.05) is 25.2 Å². The molecule has 0 bridgehead atoms. The van der Waals surface area contributed by atoms with E-state index in [-0.39, 0.29) is 6.04 Å². The molecular formula is C25H36N2O. The zero-order chi connectivity index (χ0) is 20.2. The molecule has 0 radical (unpaired) electrons. The quantitative estimate of drug-likeness (QED) is 0.687. The van der Waals surface area contributed by atoms with Crippen LogP contribution in [0.25, 0.3) is 0 Å². The third-order valence-corrected chi connectivity index (χ3v) is 5.14. The monoisotopic (exact) mass is 380 g/mol. The van der Waals surface area contributed by atoms with Crippen molar-refractivity contribution in [3.63, 3.8) is 0 Å². The summed E-state index contributed by atoms with van der Waals surface area (Å²) in [6, 6.07) is 10.4. The summed E-state index contributed by atoms with van der Waals surface area (Å²) in [6.07, 6.45) is 15.5. The Kier molecular flexibility index (Phi) is 9.81. The molecule has 152 valence electrons. The topological polar surface area (TPSA) is 44.3 Å². The highest BCUT2D eigenvalue weighted by Crippen LogP contribution is 2.27. The zero-order valence-electron chi connectivity index (χ0n) is 17.6. The van der Waals surface area contributed by atoms with Gasteiger partial charge in [-0.15, -0.1) is 0 Å². The Labute approximate surface area is 170 Å². The van der Waals surface area contributed by atoms with Gasteiger partial charge in [-0.1, -0.05) is 79.6 Å². The van der Waals surface area contributed by atoms with Gasteiger partial charge in [-0.3, -0.25) is 0 Å². The van der Waals surface area contributed by atoms with E-state index in [1.165, 1.54) is 18.4 Å². The predicted molar refractivity (Wildman–Crippen MR) is 120 cm³/mol. The normalized spacial score (nSPS) is 20.9. The summed E-state index contributed by atoms with van der Waals surface area (Å²) < 4.78 is 0. The van der Waals surface area contributed by atoms with E-state index in [0.717, 1.165) is 42.7 Å². The molecule has 1 aliphatic heterocycles. The van der Waals surface area contributed by atoms with Crippen molar-refractivity contribution in [3.8, 4) is 0 Å². The first-order valence-electron chi connectivity index (χ1n) is 10.6. The molecule has 2 aliphatic rings. The fourth-order valence-corrected chi connectivity index (χ4v) is 3.63. The largest absolute Gasteiger partial charge is 0.388 e. The fourth-order valence-electron chi connectivity index (χ4n) is 3.63. The molecule has 1 aromatic rings. The van der Waals surface area contributed by atoms with Crippen molar-refractivity contribution in [2.24, 2.45) is 0 Å². The Morgan fingerprint density at radius 2 is 2.07 bits per heavy atom. The van der Waals surface area contributed by atoms with Gasteiger partial charge in [-0.25, -0.2) is 0 Å². The second-order valence-corrected chi connectivity index (χ2v) is 7.34. The first kappa shape index (κ1) is 22.2. The molecule has 1 aliphatic carbocycles. The van der Waals surface area contributed by atoms with Crippen molar-refractivity contribution < 1.29 is 5.11 Å². The number of nitrogens with one attached hydrogen (secondary N) is 2. The molecule has 1 aromatic carbocycles. The number of aliphatic hydroxyl groups excluding tert-OH is 1. The average molecular weight is 381 g/mol. The summed E-state index contributed by atoms with van der Waals surface area (Å²) in [7, 11) is 1.94. The highest BCUT2D eigenvalue weighted by atomic mass is 16.3. The van der Waals surface area contributed by atoms with Crippen LogP contribution in [0.5, 0.6) is 0 Å². The highest BCUT2D eigenvalue weighted by Gasteiger charge is 2.27. The molecule has 0 aromatic heterocycles. The number of aliphatic hydroxyl groups is 1. The number of hydrogen-bond donors (Lipinski definition) is 3. The minimum Gasteiger partial charge on any atom is -0.388 e. The second-order valence-electron chi connectivity index (χ2n) is 7.34. The van der Waals surface area contributed by atoms with Crippen LogP contribution in [-0.2, 0) is 0 Å². The number of hydrogen-bond acceptors (Lipinski definition) is 3. The SMILES string of the molecule is CC/C=C(\C1=CC=CCC=C1NC)C(O)C1CCCCN1.Cc1ccccc1. The van der Waals surface area contributed by atoms with Gasteiger partial charge in [0.25, 0.3) is 0 Å². The van der Waals surface area contributed by atoms with Gasteiger partial charge in [0.2, 0.25) is 0 Å². The van der Waals surface area contributed by atoms with Gasteiger partial charge >= 0.3 is 0 Å². The molecule has 3 nitrogen and oxygen atoms in total. The Bertz CT molecular complexity index is 695. The smallest absolute Gasteiger partial charge is 0.0946 e. The summed E-state index contributed by atoms with van der Waals surface area (Å²) in [5, 5.41) is 17.6. The maximum absolute atomic E-state index is 10.9. The highest BCUT2D eigenvalue weighted by molar-refractivity contribution is 5.51. The van der Waals surface area contributed by atoms with Crippen LogP contribution in [0.4, 0.5) is 0 Å². The molecule has 1 heterocycles. The van der Waals surface area contributed by atoms with E-state index in [9.17, 15) is 5.11 Å². The lowest BCUT2D eigenvalue weighted by Gasteiger charge is -2.31. The lowest BCUT2D eigenvalue weighted by molar-refractivity contribution is 0.145. The third-order valence-electron chi connectivity index (χ3n) is 5.14. The van der Waals surface area contributed by atoms with Crippen LogP contribution in [0.3, 0.4) is 0 Å². The van der Waals surface area contributed by atoms with Crippen molar-refractivity contribution in [2.75, 3.05) is 13.6 Å². The van der Waals surface area contributed by atoms with E-state index in [0.29, 0.717) is 0 Å². The van der Waals surface area contributed by atoms with Crippen LogP contribution in [0.2, 0.25) is 0 Å². The lowest BCUT2D eigenvalue weighted by atomic mass is 9.88. The molecule has 2 unspecified atom stereocenters. The van der Waals surface area contributed by atoms with Crippen LogP contribution in [0, 0.1) is 6.92 Å². The molecule has 2 atom stereocenters. The number of piperidine rings is 1. The van der Waals surface area contributed by atoms with Crippen molar-refractivity contribution in [1.29, 1.82) is 0 Å². The maximum Gasteiger partial charge on any atom is 0.0946 e. The van der Waals surface area contributed by atoms with Gasteiger partial charge in [0, 0.05) is 24.4 Å². The average Bonchev–Trinajstić information content (AvgIpc) is 2.98. The number of rotatable bonds is 5. The van der Waals surface area contributed by atoms with Gasteiger partial charge in [-0.2, -0.15) is 0 Å². The van der Waals surface area contributed by atoms with E-state index < -0.39 is 6.10 Å². The zero-order valence-corrected chi connectivity index (χ0v) is 17.6. The van der Waals surface area contributed by atoms with E-state index >= 15 is 0 Å². The minimum atomic E-state index is -0.445. The summed E-state index contributed by atoms with van der Waals surface area (Å²) in [4.78, 5) is 0. The summed E-state index contributed by atoms with van der Waals surface area (Å²) in [6.45, 7) is 5.21. The molecule has 28 heavy (non-hydrogen) atoms. The minimum absolute atomic E-state index is 0.169. The predicted octanol–water partition coefficient (Wildman–Crippen LogP) is 4.81. The van der Waals surface area contributed by atoms with Crippen LogP contribution in [0.1, 0.15) is 44.6 Å². The van der Waals surface area contributed by atoms with Crippen molar-refractivity contribution in [1.82, 2.24) is 10.6 Å². The molecule has 0 saturated carbocycles. The van der Waals surface area contributed by atoms with Crippen molar-refractivity contribution in [2.45, 2.75) is 58.1 Å². The lowest BCUT2D eigenvalue weighted by Crippen LogP contribution is -2.44. The molecule has 1 saturated heterocycles. The Hall–Kier alpha value is -2.10. The number of benzene rings is 1. The number of aryl methyl sites for hydroxylation is 1. The molecule has 0 spiro atoms. The van der Waals surface area contributed by atoms with Gasteiger partial charge in [0.05, 0.1) is 6.10 Å². The van der Waals surface area contributed by atoms with Crippen molar-refractivity contribution >= 4 is 0 Å². The summed E-state index contributed by atoms with van der Waals surface area (Å²) in [5.41, 5.74) is 4.59. The van der Waals surface area contributed by atoms with Crippen LogP contribution in [0.15, 0.2) is 77.6 Å². The molecule has 0 amide bonds. The Balaban J connectivity index is 0.000000336. The fraction of sp³-hybridized carbons (Fsp3) is 0.440. The molecule has 3 N–H and O–H groups in total. The summed E-state index contributed by atoms with van der Waals surface area (Å²) >= 11 is 0. The van der Waals surface area contributed by atoms with E-state index in [1.54, 1.807) is 0 Å². The van der Waals surface area contributed by atoms with Crippen LogP contribution >= 0.6 is 0 Å². The van der Waals surface area contributed by atoms with E-state index in [4.69, 9.17) is 0 Å². The number of allylic oxidation sites excluding steroid dienone is 6. The van der Waals surface area contributed by atoms with Crippen LogP contribution < -0.4 is 10.6 Å². The van der Waals surface area contributed by atoms with Gasteiger partial charge < -0.3 is 15.7 Å².